The van der Waals surface area contributed by atoms with Gasteiger partial charge in [-0.25, -0.2) is 4.79 Å². The molecule has 1 N–H and O–H groups in total. The summed E-state index contributed by atoms with van der Waals surface area (Å²) in [5.41, 5.74) is 4.45. The first-order valence-electron chi connectivity index (χ1n) is 11.8. The van der Waals surface area contributed by atoms with E-state index >= 15 is 0 Å². The van der Waals surface area contributed by atoms with E-state index in [2.05, 4.69) is 45.1 Å². The molecule has 6 heteroatoms. The van der Waals surface area contributed by atoms with Gasteiger partial charge in [0.1, 0.15) is 5.75 Å². The van der Waals surface area contributed by atoms with Crippen molar-refractivity contribution < 1.29 is 19.1 Å². The molecule has 3 aromatic rings. The SMILES string of the molecule is C.COC(=O)[C@@H](NC(=O)c1ccc(-c2cc3c(cc2OC)C(C)(C)CCC3(C)C)s1)c1ccccc1. The minimum Gasteiger partial charge on any atom is -0.496 e. The summed E-state index contributed by atoms with van der Waals surface area (Å²) >= 11 is 1.39. The number of hydrogen-bond acceptors (Lipinski definition) is 5. The second kappa shape index (κ2) is 10.5. The molecule has 1 heterocycles. The van der Waals surface area contributed by atoms with Crippen molar-refractivity contribution >= 4 is 23.2 Å². The van der Waals surface area contributed by atoms with Crippen LogP contribution < -0.4 is 10.1 Å². The maximum Gasteiger partial charge on any atom is 0.333 e. The average molecular weight is 508 g/mol. The largest absolute Gasteiger partial charge is 0.496 e. The van der Waals surface area contributed by atoms with Crippen LogP contribution in [0.2, 0.25) is 0 Å². The summed E-state index contributed by atoms with van der Waals surface area (Å²) < 4.78 is 10.7. The molecule has 0 saturated heterocycles. The Morgan fingerprint density at radius 3 is 2.11 bits per heavy atom. The highest BCUT2D eigenvalue weighted by atomic mass is 32.1. The molecule has 0 unspecified atom stereocenters. The summed E-state index contributed by atoms with van der Waals surface area (Å²) in [6.07, 6.45) is 2.24. The monoisotopic (exact) mass is 507 g/mol. The van der Waals surface area contributed by atoms with Crippen molar-refractivity contribution in [3.8, 4) is 16.2 Å². The Balaban J connectivity index is 0.00000361. The normalized spacial score (nSPS) is 16.2. The third-order valence-electron chi connectivity index (χ3n) is 7.11. The summed E-state index contributed by atoms with van der Waals surface area (Å²) in [6, 6.07) is 16.4. The van der Waals surface area contributed by atoms with E-state index in [0.717, 1.165) is 29.0 Å². The Morgan fingerprint density at radius 2 is 1.53 bits per heavy atom. The Kier molecular flexibility index (Phi) is 7.99. The molecule has 5 nitrogen and oxygen atoms in total. The smallest absolute Gasteiger partial charge is 0.333 e. The second-order valence-corrected chi connectivity index (χ2v) is 11.5. The minimum atomic E-state index is -0.874. The highest BCUT2D eigenvalue weighted by Crippen LogP contribution is 2.49. The van der Waals surface area contributed by atoms with Crippen molar-refractivity contribution in [2.24, 2.45) is 0 Å². The lowest BCUT2D eigenvalue weighted by Crippen LogP contribution is -2.34. The average Bonchev–Trinajstić information content (AvgIpc) is 3.35. The van der Waals surface area contributed by atoms with Crippen molar-refractivity contribution in [3.05, 3.63) is 76.2 Å². The maximum absolute atomic E-state index is 13.1. The van der Waals surface area contributed by atoms with Gasteiger partial charge in [0.15, 0.2) is 6.04 Å². The van der Waals surface area contributed by atoms with Crippen LogP contribution in [0.4, 0.5) is 0 Å². The molecule has 0 bridgehead atoms. The predicted molar refractivity (Wildman–Crippen MR) is 147 cm³/mol. The van der Waals surface area contributed by atoms with Crippen LogP contribution in [0.3, 0.4) is 0 Å². The van der Waals surface area contributed by atoms with Gasteiger partial charge < -0.3 is 14.8 Å². The highest BCUT2D eigenvalue weighted by Gasteiger charge is 2.38. The Labute approximate surface area is 218 Å². The van der Waals surface area contributed by atoms with E-state index in [0.29, 0.717) is 10.4 Å². The molecule has 0 radical (unpaired) electrons. The van der Waals surface area contributed by atoms with Gasteiger partial charge in [0.25, 0.3) is 5.91 Å². The lowest BCUT2D eigenvalue weighted by atomic mass is 9.63. The fraction of sp³-hybridized carbons (Fsp3) is 0.400. The zero-order valence-electron chi connectivity index (χ0n) is 21.2. The number of fused-ring (bicyclic) bond motifs is 1. The van der Waals surface area contributed by atoms with E-state index in [-0.39, 0.29) is 24.2 Å². The number of rotatable bonds is 6. The second-order valence-electron chi connectivity index (χ2n) is 10.4. The predicted octanol–water partition coefficient (Wildman–Crippen LogP) is 7.05. The molecule has 2 aromatic carbocycles. The van der Waals surface area contributed by atoms with Crippen molar-refractivity contribution in [2.45, 2.75) is 64.8 Å². The first-order chi connectivity index (χ1) is 16.6. The number of hydrogen-bond donors (Lipinski definition) is 1. The molecule has 1 aromatic heterocycles. The van der Waals surface area contributed by atoms with Crippen LogP contribution in [0, 0.1) is 0 Å². The molecule has 0 spiro atoms. The van der Waals surface area contributed by atoms with Crippen LogP contribution in [-0.2, 0) is 20.4 Å². The van der Waals surface area contributed by atoms with Gasteiger partial charge in [-0.05, 0) is 64.6 Å². The van der Waals surface area contributed by atoms with Crippen molar-refractivity contribution in [2.75, 3.05) is 14.2 Å². The van der Waals surface area contributed by atoms with Crippen LogP contribution in [0.15, 0.2) is 54.6 Å². The van der Waals surface area contributed by atoms with Gasteiger partial charge in [0.2, 0.25) is 0 Å². The van der Waals surface area contributed by atoms with Gasteiger partial charge in [0, 0.05) is 10.4 Å². The van der Waals surface area contributed by atoms with Crippen molar-refractivity contribution in [1.82, 2.24) is 5.32 Å². The summed E-state index contributed by atoms with van der Waals surface area (Å²) in [4.78, 5) is 27.0. The molecule has 36 heavy (non-hydrogen) atoms. The van der Waals surface area contributed by atoms with Crippen LogP contribution >= 0.6 is 11.3 Å². The summed E-state index contributed by atoms with van der Waals surface area (Å²) in [6.45, 7) is 9.17. The molecule has 1 amide bonds. The minimum absolute atomic E-state index is 0. The molecule has 0 fully saturated rings. The Hall–Kier alpha value is -3.12. The number of ether oxygens (including phenoxy) is 2. The van der Waals surface area contributed by atoms with Gasteiger partial charge in [-0.2, -0.15) is 0 Å². The molecule has 4 rings (SSSR count). The van der Waals surface area contributed by atoms with Crippen LogP contribution in [0.25, 0.3) is 10.4 Å². The number of thiophene rings is 1. The van der Waals surface area contributed by atoms with Crippen LogP contribution in [0.1, 0.15) is 80.4 Å². The van der Waals surface area contributed by atoms with E-state index < -0.39 is 12.0 Å². The van der Waals surface area contributed by atoms with E-state index in [1.54, 1.807) is 25.3 Å². The van der Waals surface area contributed by atoms with E-state index in [4.69, 9.17) is 9.47 Å². The molecular formula is C30H37NO4S. The molecule has 1 atom stereocenters. The fourth-order valence-electron chi connectivity index (χ4n) is 4.80. The van der Waals surface area contributed by atoms with Crippen molar-refractivity contribution in [3.63, 3.8) is 0 Å². The number of amides is 1. The lowest BCUT2D eigenvalue weighted by Gasteiger charge is -2.42. The molecule has 192 valence electrons. The van der Waals surface area contributed by atoms with Gasteiger partial charge in [-0.1, -0.05) is 65.5 Å². The van der Waals surface area contributed by atoms with Crippen molar-refractivity contribution in [1.29, 1.82) is 0 Å². The van der Waals surface area contributed by atoms with E-state index in [1.165, 1.54) is 29.6 Å². The van der Waals surface area contributed by atoms with Gasteiger partial charge in [-0.3, -0.25) is 4.79 Å². The Morgan fingerprint density at radius 1 is 0.917 bits per heavy atom. The highest BCUT2D eigenvalue weighted by molar-refractivity contribution is 7.17. The number of carbonyl (C=O) groups excluding carboxylic acids is 2. The Bertz CT molecular complexity index is 1240. The van der Waals surface area contributed by atoms with Crippen LogP contribution in [-0.4, -0.2) is 26.1 Å². The third-order valence-corrected chi connectivity index (χ3v) is 8.23. The number of carbonyl (C=O) groups is 2. The summed E-state index contributed by atoms with van der Waals surface area (Å²) in [7, 11) is 3.01. The zero-order valence-corrected chi connectivity index (χ0v) is 22.0. The molecule has 1 aliphatic carbocycles. The third kappa shape index (κ3) is 5.19. The van der Waals surface area contributed by atoms with Crippen LogP contribution in [0.5, 0.6) is 5.75 Å². The van der Waals surface area contributed by atoms with Gasteiger partial charge in [0.05, 0.1) is 19.1 Å². The lowest BCUT2D eigenvalue weighted by molar-refractivity contribution is -0.143. The first kappa shape index (κ1) is 27.5. The summed E-state index contributed by atoms with van der Waals surface area (Å²) in [5, 5.41) is 2.83. The number of esters is 1. The standard InChI is InChI=1S/C29H33NO4S.CH4/c1-28(2)14-15-29(3,4)21-17-22(33-5)19(16-20(21)28)23-12-13-24(35-23)26(31)30-25(27(32)34-6)18-10-8-7-9-11-18;/h7-13,16-17,25H,14-15H2,1-6H3,(H,30,31);1H4/t25-;/m0./s1. The number of nitrogens with one attached hydrogen (secondary N) is 1. The molecule has 0 aliphatic heterocycles. The zero-order chi connectivity index (χ0) is 25.4. The van der Waals surface area contributed by atoms with E-state index in [1.807, 2.05) is 24.3 Å². The van der Waals surface area contributed by atoms with E-state index in [9.17, 15) is 9.59 Å². The summed E-state index contributed by atoms with van der Waals surface area (Å²) in [5.74, 6) is -0.0264. The topological polar surface area (TPSA) is 64.6 Å². The molecule has 1 aliphatic rings. The maximum atomic E-state index is 13.1. The number of methoxy groups -OCH3 is 2. The fourth-order valence-corrected chi connectivity index (χ4v) is 5.73. The molecule has 0 saturated carbocycles. The van der Waals surface area contributed by atoms with Gasteiger partial charge in [-0.15, -0.1) is 11.3 Å². The quantitative estimate of drug-likeness (QED) is 0.363. The molecular weight excluding hydrogens is 470 g/mol. The van der Waals surface area contributed by atoms with Gasteiger partial charge >= 0.3 is 5.97 Å². The number of benzene rings is 2. The first-order valence-corrected chi connectivity index (χ1v) is 12.7.